The highest BCUT2D eigenvalue weighted by Gasteiger charge is 2.58. The predicted molar refractivity (Wildman–Crippen MR) is 143 cm³/mol. The van der Waals surface area contributed by atoms with Crippen LogP contribution in [0, 0.1) is 0 Å². The molecule has 0 unspecified atom stereocenters. The average Bonchev–Trinajstić information content (AvgIpc) is 3.61. The summed E-state index contributed by atoms with van der Waals surface area (Å²) in [6.07, 6.45) is 3.60. The maximum atomic E-state index is 12.7. The maximum absolute atomic E-state index is 12.7. The minimum Gasteiger partial charge on any atom is -0.497 e. The van der Waals surface area contributed by atoms with Crippen molar-refractivity contribution in [3.8, 4) is 17.1 Å². The zero-order valence-corrected chi connectivity index (χ0v) is 22.9. The first-order valence-electron chi connectivity index (χ1n) is 12.6. The molecule has 1 amide bonds. The van der Waals surface area contributed by atoms with Crippen LogP contribution in [0.25, 0.3) is 22.6 Å². The van der Waals surface area contributed by atoms with Crippen molar-refractivity contribution in [3.63, 3.8) is 0 Å². The number of halogens is 1. The fourth-order valence-corrected chi connectivity index (χ4v) is 5.07. The summed E-state index contributed by atoms with van der Waals surface area (Å²) in [4.78, 5) is 35.4. The Morgan fingerprint density at radius 3 is 2.77 bits per heavy atom. The Balaban J connectivity index is 1.43. The van der Waals surface area contributed by atoms with Crippen LogP contribution in [-0.4, -0.2) is 73.7 Å². The van der Waals surface area contributed by atoms with Crippen molar-refractivity contribution in [1.29, 1.82) is 0 Å². The van der Waals surface area contributed by atoms with Gasteiger partial charge in [0.2, 0.25) is 0 Å². The van der Waals surface area contributed by atoms with Crippen molar-refractivity contribution in [1.82, 2.24) is 34.8 Å². The third-order valence-corrected chi connectivity index (χ3v) is 6.86. The number of carbonyl (C=O) groups is 1. The second-order valence-corrected chi connectivity index (χ2v) is 10.2. The summed E-state index contributed by atoms with van der Waals surface area (Å²) in [5, 5.41) is 6.40. The number of ether oxygens (including phenoxy) is 4. The number of aromatic nitrogens is 6. The molecular weight excluding hydrogens is 540 g/mol. The lowest BCUT2D eigenvalue weighted by atomic mass is 10.1. The molecule has 0 saturated carbocycles. The highest BCUT2D eigenvalue weighted by atomic mass is 35.5. The lowest BCUT2D eigenvalue weighted by Gasteiger charge is -2.24. The minimum atomic E-state index is -0.900. The SMILES string of the molecule is CNC(=O)[C@H]1O[C@@H](n2cnc3c(NCc4cc(OC)ccn4)nc(-c4cncc(Cl)c4)nc32)[C@@H]2OC(C)(C)O[C@@H]21. The van der Waals surface area contributed by atoms with Gasteiger partial charge in [-0.15, -0.1) is 0 Å². The molecule has 2 aliphatic rings. The summed E-state index contributed by atoms with van der Waals surface area (Å²) in [6.45, 7) is 3.95. The molecule has 0 aliphatic carbocycles. The topological polar surface area (TPSA) is 147 Å². The molecule has 2 aliphatic heterocycles. The summed E-state index contributed by atoms with van der Waals surface area (Å²) in [7, 11) is 3.15. The fourth-order valence-electron chi connectivity index (χ4n) is 4.90. The average molecular weight is 567 g/mol. The zero-order valence-electron chi connectivity index (χ0n) is 22.2. The van der Waals surface area contributed by atoms with Gasteiger partial charge in [0.25, 0.3) is 5.91 Å². The number of rotatable bonds is 7. The monoisotopic (exact) mass is 566 g/mol. The van der Waals surface area contributed by atoms with Gasteiger partial charge in [0.05, 0.1) is 30.7 Å². The predicted octanol–water partition coefficient (Wildman–Crippen LogP) is 2.72. The molecule has 0 aromatic carbocycles. The van der Waals surface area contributed by atoms with E-state index >= 15 is 0 Å². The van der Waals surface area contributed by atoms with E-state index in [1.54, 1.807) is 63.4 Å². The van der Waals surface area contributed by atoms with Gasteiger partial charge in [0, 0.05) is 37.3 Å². The zero-order chi connectivity index (χ0) is 28.0. The molecular formula is C26H27ClN8O5. The van der Waals surface area contributed by atoms with Gasteiger partial charge in [-0.2, -0.15) is 0 Å². The molecule has 2 saturated heterocycles. The molecule has 0 radical (unpaired) electrons. The van der Waals surface area contributed by atoms with Crippen LogP contribution in [0.2, 0.25) is 5.02 Å². The maximum Gasteiger partial charge on any atom is 0.251 e. The Morgan fingerprint density at radius 2 is 2.00 bits per heavy atom. The minimum absolute atomic E-state index is 0.309. The van der Waals surface area contributed by atoms with E-state index in [0.29, 0.717) is 45.7 Å². The molecule has 2 N–H and O–H groups in total. The Morgan fingerprint density at radius 1 is 1.18 bits per heavy atom. The van der Waals surface area contributed by atoms with E-state index in [2.05, 4.69) is 25.6 Å². The number of anilines is 1. The molecule has 13 nitrogen and oxygen atoms in total. The highest BCUT2D eigenvalue weighted by Crippen LogP contribution is 2.44. The van der Waals surface area contributed by atoms with Crippen LogP contribution in [0.1, 0.15) is 25.8 Å². The van der Waals surface area contributed by atoms with Crippen LogP contribution in [-0.2, 0) is 25.5 Å². The molecule has 208 valence electrons. The van der Waals surface area contributed by atoms with Crippen LogP contribution in [0.3, 0.4) is 0 Å². The molecule has 4 aromatic rings. The summed E-state index contributed by atoms with van der Waals surface area (Å²) in [5.41, 5.74) is 2.30. The summed E-state index contributed by atoms with van der Waals surface area (Å²) in [6, 6.07) is 5.33. The number of nitrogens with zero attached hydrogens (tertiary/aromatic N) is 6. The van der Waals surface area contributed by atoms with Crippen molar-refractivity contribution in [2.45, 2.75) is 50.7 Å². The smallest absolute Gasteiger partial charge is 0.251 e. The molecule has 6 heterocycles. The highest BCUT2D eigenvalue weighted by molar-refractivity contribution is 6.30. The molecule has 40 heavy (non-hydrogen) atoms. The van der Waals surface area contributed by atoms with Crippen LogP contribution in [0.4, 0.5) is 5.82 Å². The number of methoxy groups -OCH3 is 1. The Bertz CT molecular complexity index is 1580. The molecule has 0 spiro atoms. The summed E-state index contributed by atoms with van der Waals surface area (Å²) >= 11 is 6.22. The van der Waals surface area contributed by atoms with E-state index in [1.807, 2.05) is 6.07 Å². The van der Waals surface area contributed by atoms with Gasteiger partial charge in [0.15, 0.2) is 40.9 Å². The van der Waals surface area contributed by atoms with E-state index in [4.69, 9.17) is 40.5 Å². The lowest BCUT2D eigenvalue weighted by Crippen LogP contribution is -2.41. The third-order valence-electron chi connectivity index (χ3n) is 6.65. The molecule has 0 bridgehead atoms. The van der Waals surface area contributed by atoms with E-state index in [0.717, 1.165) is 5.69 Å². The number of hydrogen-bond acceptors (Lipinski definition) is 11. The number of imidazole rings is 1. The van der Waals surface area contributed by atoms with Crippen molar-refractivity contribution in [3.05, 3.63) is 53.8 Å². The number of nitrogens with one attached hydrogen (secondary N) is 2. The number of pyridine rings is 2. The van der Waals surface area contributed by atoms with Crippen molar-refractivity contribution < 1.29 is 23.7 Å². The van der Waals surface area contributed by atoms with Crippen LogP contribution < -0.4 is 15.4 Å². The van der Waals surface area contributed by atoms with Gasteiger partial charge in [0.1, 0.15) is 18.0 Å². The second-order valence-electron chi connectivity index (χ2n) is 9.78. The van der Waals surface area contributed by atoms with E-state index in [9.17, 15) is 4.79 Å². The number of fused-ring (bicyclic) bond motifs is 2. The van der Waals surface area contributed by atoms with Gasteiger partial charge in [-0.3, -0.25) is 19.3 Å². The largest absolute Gasteiger partial charge is 0.497 e. The first kappa shape index (κ1) is 26.3. The van der Waals surface area contributed by atoms with E-state index < -0.39 is 30.3 Å². The van der Waals surface area contributed by atoms with Gasteiger partial charge < -0.3 is 29.6 Å². The van der Waals surface area contributed by atoms with Crippen LogP contribution in [0.5, 0.6) is 5.75 Å². The number of amides is 1. The molecule has 2 fully saturated rings. The Kier molecular flexibility index (Phi) is 6.74. The number of carbonyl (C=O) groups excluding carboxylic acids is 1. The Hall–Kier alpha value is -3.91. The quantitative estimate of drug-likeness (QED) is 0.340. The van der Waals surface area contributed by atoms with Crippen LogP contribution in [0.15, 0.2) is 43.1 Å². The van der Waals surface area contributed by atoms with Crippen molar-refractivity contribution >= 4 is 34.5 Å². The first-order chi connectivity index (χ1) is 19.3. The lowest BCUT2D eigenvalue weighted by molar-refractivity contribution is -0.197. The second kappa shape index (κ2) is 10.2. The number of likely N-dealkylation sites (N-methyl/N-ethyl adjacent to an activating group) is 1. The molecule has 4 atom stereocenters. The van der Waals surface area contributed by atoms with Crippen molar-refractivity contribution in [2.24, 2.45) is 0 Å². The van der Waals surface area contributed by atoms with Gasteiger partial charge in [-0.25, -0.2) is 15.0 Å². The van der Waals surface area contributed by atoms with E-state index in [1.165, 1.54) is 6.20 Å². The normalized spacial score (nSPS) is 23.2. The van der Waals surface area contributed by atoms with Crippen LogP contribution >= 0.6 is 11.6 Å². The van der Waals surface area contributed by atoms with Gasteiger partial charge in [-0.1, -0.05) is 11.6 Å². The molecule has 14 heteroatoms. The summed E-state index contributed by atoms with van der Waals surface area (Å²) < 4.78 is 25.5. The fraction of sp³-hybridized carbons (Fsp3) is 0.385. The van der Waals surface area contributed by atoms with Crippen molar-refractivity contribution in [2.75, 3.05) is 19.5 Å². The molecule has 6 rings (SSSR count). The number of hydrogen-bond donors (Lipinski definition) is 2. The van der Waals surface area contributed by atoms with E-state index in [-0.39, 0.29) is 5.91 Å². The third kappa shape index (κ3) is 4.81. The van der Waals surface area contributed by atoms with Gasteiger partial charge >= 0.3 is 0 Å². The molecule has 4 aromatic heterocycles. The first-order valence-corrected chi connectivity index (χ1v) is 12.9. The summed E-state index contributed by atoms with van der Waals surface area (Å²) in [5.74, 6) is 0.311. The van der Waals surface area contributed by atoms with Gasteiger partial charge in [-0.05, 0) is 26.0 Å². The Labute approximate surface area is 234 Å². The standard InChI is InChI=1S/C26H27ClN8O5/c1-26(2)39-18-19(24(36)28-3)38-25(20(18)40-26)35-12-32-17-22(31-11-15-8-16(37-4)5-6-30-15)33-21(34-23(17)35)13-7-14(27)10-29-9-13/h5-10,12,18-20,25H,11H2,1-4H3,(H,28,36)(H,31,33,34)/t18-,19+,20-,25-/m1/s1.